The number of nitrogens with two attached hydrogens (primary N) is 1. The first kappa shape index (κ1) is 14.9. The van der Waals surface area contributed by atoms with Crippen molar-refractivity contribution in [1.82, 2.24) is 15.2 Å². The minimum Gasteiger partial charge on any atom is -0.397 e. The second-order valence-electron chi connectivity index (χ2n) is 4.48. The van der Waals surface area contributed by atoms with Crippen molar-refractivity contribution in [3.63, 3.8) is 0 Å². The number of hydrogen-bond donors (Lipinski definition) is 2. The zero-order chi connectivity index (χ0) is 14.4. The summed E-state index contributed by atoms with van der Waals surface area (Å²) in [5.41, 5.74) is 6.21. The van der Waals surface area contributed by atoms with Crippen LogP contribution in [0.3, 0.4) is 0 Å². The van der Waals surface area contributed by atoms with Gasteiger partial charge in [0.25, 0.3) is 5.91 Å². The Morgan fingerprint density at radius 3 is 2.68 bits per heavy atom. The van der Waals surface area contributed by atoms with Gasteiger partial charge in [-0.1, -0.05) is 0 Å². The van der Waals surface area contributed by atoms with E-state index in [1.54, 1.807) is 19.1 Å². The Morgan fingerprint density at radius 2 is 2.16 bits per heavy atom. The van der Waals surface area contributed by atoms with Gasteiger partial charge in [-0.25, -0.2) is 4.98 Å². The second kappa shape index (κ2) is 6.72. The molecule has 6 heteroatoms. The number of nitrogens with one attached hydrogen (secondary N) is 1. The smallest absolute Gasteiger partial charge is 0.275 e. The Hall–Kier alpha value is -2.11. The lowest BCUT2D eigenvalue weighted by Gasteiger charge is -2.21. The number of rotatable bonds is 5. The van der Waals surface area contributed by atoms with Crippen LogP contribution in [0.2, 0.25) is 0 Å². The van der Waals surface area contributed by atoms with Crippen LogP contribution in [0.1, 0.15) is 31.3 Å². The third-order valence-corrected chi connectivity index (χ3v) is 2.49. The molecule has 0 bridgehead atoms. The predicted molar refractivity (Wildman–Crippen MR) is 73.5 cm³/mol. The molecule has 3 N–H and O–H groups in total. The van der Waals surface area contributed by atoms with Gasteiger partial charge in [0.1, 0.15) is 0 Å². The Morgan fingerprint density at radius 1 is 1.47 bits per heavy atom. The van der Waals surface area contributed by atoms with Gasteiger partial charge in [0.05, 0.1) is 12.2 Å². The summed E-state index contributed by atoms with van der Waals surface area (Å²) in [6, 6.07) is 3.32. The lowest BCUT2D eigenvalue weighted by molar-refractivity contribution is -0.122. The Balaban J connectivity index is 2.78. The van der Waals surface area contributed by atoms with Crippen molar-refractivity contribution in [2.75, 3.05) is 18.8 Å². The van der Waals surface area contributed by atoms with Crippen LogP contribution >= 0.6 is 0 Å². The molecule has 2 amide bonds. The summed E-state index contributed by atoms with van der Waals surface area (Å²) in [7, 11) is 0. The lowest BCUT2D eigenvalue weighted by atomic mass is 10.2. The van der Waals surface area contributed by atoms with Gasteiger partial charge >= 0.3 is 0 Å². The number of hydrogen-bond acceptors (Lipinski definition) is 4. The highest BCUT2D eigenvalue weighted by Gasteiger charge is 2.20. The van der Waals surface area contributed by atoms with Gasteiger partial charge in [0.15, 0.2) is 5.69 Å². The maximum atomic E-state index is 12.2. The van der Waals surface area contributed by atoms with Crippen LogP contribution in [0, 0.1) is 0 Å². The van der Waals surface area contributed by atoms with Gasteiger partial charge in [0, 0.05) is 18.8 Å². The van der Waals surface area contributed by atoms with E-state index in [2.05, 4.69) is 10.3 Å². The van der Waals surface area contributed by atoms with E-state index in [-0.39, 0.29) is 30.1 Å². The number of carbonyl (C=O) groups is 2. The van der Waals surface area contributed by atoms with E-state index in [0.717, 1.165) is 0 Å². The molecule has 0 aliphatic rings. The van der Waals surface area contributed by atoms with E-state index in [1.807, 2.05) is 13.8 Å². The lowest BCUT2D eigenvalue weighted by Crippen LogP contribution is -2.43. The van der Waals surface area contributed by atoms with E-state index < -0.39 is 0 Å². The summed E-state index contributed by atoms with van der Waals surface area (Å²) < 4.78 is 0. The maximum absolute atomic E-state index is 12.2. The van der Waals surface area contributed by atoms with Crippen molar-refractivity contribution < 1.29 is 9.59 Å². The molecule has 0 aromatic carbocycles. The second-order valence-corrected chi connectivity index (χ2v) is 4.48. The number of carbonyl (C=O) groups excluding carboxylic acids is 2. The first-order valence-electron chi connectivity index (χ1n) is 6.24. The molecule has 1 aromatic rings. The monoisotopic (exact) mass is 264 g/mol. The van der Waals surface area contributed by atoms with Crippen molar-refractivity contribution in [2.45, 2.75) is 26.8 Å². The third kappa shape index (κ3) is 4.24. The molecule has 1 heterocycles. The summed E-state index contributed by atoms with van der Waals surface area (Å²) in [5, 5.41) is 2.74. The SMILES string of the molecule is CCN(CC(=O)NC(C)C)C(=O)c1ncccc1N. The average molecular weight is 264 g/mol. The molecule has 1 rings (SSSR count). The van der Waals surface area contributed by atoms with E-state index >= 15 is 0 Å². The molecular formula is C13H20N4O2. The van der Waals surface area contributed by atoms with Crippen molar-refractivity contribution in [3.8, 4) is 0 Å². The number of aromatic nitrogens is 1. The Bertz CT molecular complexity index is 460. The summed E-state index contributed by atoms with van der Waals surface area (Å²) >= 11 is 0. The minimum absolute atomic E-state index is 0.00350. The minimum atomic E-state index is -0.334. The van der Waals surface area contributed by atoms with Crippen molar-refractivity contribution in [3.05, 3.63) is 24.0 Å². The standard InChI is InChI=1S/C13H20N4O2/c1-4-17(8-11(18)16-9(2)3)13(19)12-10(14)6-5-7-15-12/h5-7,9H,4,8,14H2,1-3H3,(H,16,18). The zero-order valence-corrected chi connectivity index (χ0v) is 11.5. The van der Waals surface area contributed by atoms with Crippen LogP contribution in [-0.2, 0) is 4.79 Å². The number of nitrogen functional groups attached to an aromatic ring is 1. The fourth-order valence-electron chi connectivity index (χ4n) is 1.61. The quantitative estimate of drug-likeness (QED) is 0.817. The summed E-state index contributed by atoms with van der Waals surface area (Å²) in [4.78, 5) is 29.3. The largest absolute Gasteiger partial charge is 0.397 e. The molecule has 104 valence electrons. The van der Waals surface area contributed by atoms with Crippen molar-refractivity contribution in [2.24, 2.45) is 0 Å². The number of pyridine rings is 1. The highest BCUT2D eigenvalue weighted by Crippen LogP contribution is 2.10. The topological polar surface area (TPSA) is 88.3 Å². The molecule has 0 aliphatic heterocycles. The first-order chi connectivity index (χ1) is 8.95. The fourth-order valence-corrected chi connectivity index (χ4v) is 1.61. The predicted octanol–water partition coefficient (Wildman–Crippen LogP) is 0.650. The molecule has 0 atom stereocenters. The third-order valence-electron chi connectivity index (χ3n) is 2.49. The fraction of sp³-hybridized carbons (Fsp3) is 0.462. The van der Waals surface area contributed by atoms with E-state index in [1.165, 1.54) is 11.1 Å². The van der Waals surface area contributed by atoms with Crippen LogP contribution in [0.25, 0.3) is 0 Å². The van der Waals surface area contributed by atoms with E-state index in [4.69, 9.17) is 5.73 Å². The molecule has 1 aromatic heterocycles. The number of amides is 2. The Labute approximate surface area is 113 Å². The van der Waals surface area contributed by atoms with Crippen molar-refractivity contribution >= 4 is 17.5 Å². The zero-order valence-electron chi connectivity index (χ0n) is 11.5. The first-order valence-corrected chi connectivity index (χ1v) is 6.24. The Kier molecular flexibility index (Phi) is 5.29. The van der Waals surface area contributed by atoms with E-state index in [0.29, 0.717) is 12.2 Å². The normalized spacial score (nSPS) is 10.3. The molecule has 0 saturated carbocycles. The van der Waals surface area contributed by atoms with Crippen LogP contribution in [0.5, 0.6) is 0 Å². The summed E-state index contributed by atoms with van der Waals surface area (Å²) in [6.45, 7) is 5.96. The molecule has 0 aliphatic carbocycles. The maximum Gasteiger partial charge on any atom is 0.275 e. The van der Waals surface area contributed by atoms with Gasteiger partial charge in [-0.2, -0.15) is 0 Å². The van der Waals surface area contributed by atoms with Crippen LogP contribution in [0.15, 0.2) is 18.3 Å². The van der Waals surface area contributed by atoms with Crippen LogP contribution < -0.4 is 11.1 Å². The van der Waals surface area contributed by atoms with Crippen molar-refractivity contribution in [1.29, 1.82) is 0 Å². The van der Waals surface area contributed by atoms with Gasteiger partial charge in [-0.3, -0.25) is 9.59 Å². The molecule has 0 spiro atoms. The molecular weight excluding hydrogens is 244 g/mol. The number of likely N-dealkylation sites (N-methyl/N-ethyl adjacent to an activating group) is 1. The molecule has 0 radical (unpaired) electrons. The van der Waals surface area contributed by atoms with Crippen LogP contribution in [0.4, 0.5) is 5.69 Å². The van der Waals surface area contributed by atoms with Crippen LogP contribution in [-0.4, -0.2) is 40.8 Å². The highest BCUT2D eigenvalue weighted by molar-refractivity contribution is 5.98. The van der Waals surface area contributed by atoms with Gasteiger partial charge in [-0.15, -0.1) is 0 Å². The number of nitrogens with zero attached hydrogens (tertiary/aromatic N) is 2. The summed E-state index contributed by atoms with van der Waals surface area (Å²) in [5.74, 6) is -0.529. The number of anilines is 1. The summed E-state index contributed by atoms with van der Waals surface area (Å²) in [6.07, 6.45) is 1.51. The molecule has 0 unspecified atom stereocenters. The molecule has 19 heavy (non-hydrogen) atoms. The molecule has 0 saturated heterocycles. The van der Waals surface area contributed by atoms with Gasteiger partial charge in [0.2, 0.25) is 5.91 Å². The van der Waals surface area contributed by atoms with E-state index in [9.17, 15) is 9.59 Å². The van der Waals surface area contributed by atoms with Gasteiger partial charge < -0.3 is 16.0 Å². The molecule has 0 fully saturated rings. The molecule has 6 nitrogen and oxygen atoms in total. The highest BCUT2D eigenvalue weighted by atomic mass is 16.2. The van der Waals surface area contributed by atoms with Gasteiger partial charge in [-0.05, 0) is 32.9 Å². The average Bonchev–Trinajstić information content (AvgIpc) is 2.35.